The number of amides is 1. The summed E-state index contributed by atoms with van der Waals surface area (Å²) in [7, 11) is 0. The van der Waals surface area contributed by atoms with Crippen molar-refractivity contribution in [2.75, 3.05) is 5.88 Å². The van der Waals surface area contributed by atoms with Crippen LogP contribution in [0.4, 0.5) is 0 Å². The van der Waals surface area contributed by atoms with Gasteiger partial charge in [-0.2, -0.15) is 0 Å². The van der Waals surface area contributed by atoms with Gasteiger partial charge in [0.05, 0.1) is 0 Å². The largest absolute Gasteiger partial charge is 0.353 e. The van der Waals surface area contributed by atoms with Gasteiger partial charge >= 0.3 is 0 Å². The zero-order chi connectivity index (χ0) is 11.4. The predicted molar refractivity (Wildman–Crippen MR) is 64.0 cm³/mol. The summed E-state index contributed by atoms with van der Waals surface area (Å²) in [6, 6.07) is 0.316. The van der Waals surface area contributed by atoms with Crippen LogP contribution in [-0.2, 0) is 4.79 Å². The number of hydrogen-bond donors (Lipinski definition) is 1. The van der Waals surface area contributed by atoms with Crippen LogP contribution in [0.15, 0.2) is 0 Å². The van der Waals surface area contributed by atoms with Gasteiger partial charge in [-0.15, -0.1) is 11.6 Å². The van der Waals surface area contributed by atoms with Crippen molar-refractivity contribution in [3.05, 3.63) is 0 Å². The van der Waals surface area contributed by atoms with Crippen LogP contribution in [0.2, 0.25) is 0 Å². The van der Waals surface area contributed by atoms with Crippen molar-refractivity contribution in [1.29, 1.82) is 0 Å². The highest BCUT2D eigenvalue weighted by Crippen LogP contribution is 2.27. The van der Waals surface area contributed by atoms with Crippen molar-refractivity contribution >= 4 is 17.5 Å². The third kappa shape index (κ3) is 3.37. The van der Waals surface area contributed by atoms with E-state index in [4.69, 9.17) is 11.6 Å². The molecule has 3 heteroatoms. The Kier molecular flexibility index (Phi) is 4.91. The summed E-state index contributed by atoms with van der Waals surface area (Å²) in [6.45, 7) is 6.15. The van der Waals surface area contributed by atoms with E-state index in [-0.39, 0.29) is 11.8 Å². The minimum atomic E-state index is 0.0987. The van der Waals surface area contributed by atoms with Crippen LogP contribution in [0, 0.1) is 17.8 Å². The summed E-state index contributed by atoms with van der Waals surface area (Å²) in [6.07, 6.45) is 3.44. The molecule has 0 radical (unpaired) electrons. The lowest BCUT2D eigenvalue weighted by atomic mass is 9.96. The minimum Gasteiger partial charge on any atom is -0.353 e. The molecule has 0 aliphatic heterocycles. The molecule has 1 amide bonds. The van der Waals surface area contributed by atoms with E-state index in [2.05, 4.69) is 19.2 Å². The molecule has 0 bridgehead atoms. The highest BCUT2D eigenvalue weighted by atomic mass is 35.5. The van der Waals surface area contributed by atoms with E-state index in [0.717, 1.165) is 12.8 Å². The average molecular weight is 232 g/mol. The van der Waals surface area contributed by atoms with E-state index in [9.17, 15) is 4.79 Å². The molecular weight excluding hydrogens is 210 g/mol. The van der Waals surface area contributed by atoms with Gasteiger partial charge in [-0.25, -0.2) is 0 Å². The third-order valence-corrected chi connectivity index (χ3v) is 3.99. The Bertz CT molecular complexity index is 218. The van der Waals surface area contributed by atoms with Crippen LogP contribution >= 0.6 is 11.6 Å². The fourth-order valence-electron chi connectivity index (χ4n) is 2.03. The molecule has 0 heterocycles. The fraction of sp³-hybridized carbons (Fsp3) is 0.917. The van der Waals surface area contributed by atoms with Gasteiger partial charge in [0.1, 0.15) is 0 Å². The van der Waals surface area contributed by atoms with Gasteiger partial charge < -0.3 is 5.32 Å². The standard InChI is InChI=1S/C12H22ClNO/c1-8(2)9(3)12(15)14-11-6-4-5-10(11)7-13/h8-11H,4-7H2,1-3H3,(H,14,15). The van der Waals surface area contributed by atoms with E-state index in [1.165, 1.54) is 6.42 Å². The predicted octanol–water partition coefficient (Wildman–Crippen LogP) is 2.80. The number of rotatable bonds is 4. The second kappa shape index (κ2) is 5.74. The lowest BCUT2D eigenvalue weighted by Crippen LogP contribution is -2.41. The van der Waals surface area contributed by atoms with E-state index in [0.29, 0.717) is 23.8 Å². The number of carbonyl (C=O) groups is 1. The first kappa shape index (κ1) is 12.8. The molecule has 0 saturated heterocycles. The Morgan fingerprint density at radius 2 is 2.07 bits per heavy atom. The van der Waals surface area contributed by atoms with Gasteiger partial charge in [-0.1, -0.05) is 27.2 Å². The van der Waals surface area contributed by atoms with E-state index >= 15 is 0 Å². The van der Waals surface area contributed by atoms with Crippen LogP contribution < -0.4 is 5.32 Å². The van der Waals surface area contributed by atoms with Crippen molar-refractivity contribution in [3.63, 3.8) is 0 Å². The van der Waals surface area contributed by atoms with Gasteiger partial charge in [0.15, 0.2) is 0 Å². The molecule has 88 valence electrons. The number of hydrogen-bond acceptors (Lipinski definition) is 1. The number of nitrogens with one attached hydrogen (secondary N) is 1. The van der Waals surface area contributed by atoms with Crippen LogP contribution in [0.1, 0.15) is 40.0 Å². The van der Waals surface area contributed by atoms with Crippen molar-refractivity contribution < 1.29 is 4.79 Å². The molecule has 15 heavy (non-hydrogen) atoms. The van der Waals surface area contributed by atoms with Crippen molar-refractivity contribution in [2.24, 2.45) is 17.8 Å². The molecule has 0 aromatic rings. The second-order valence-corrected chi connectivity index (χ2v) is 5.30. The zero-order valence-corrected chi connectivity index (χ0v) is 10.7. The SMILES string of the molecule is CC(C)C(C)C(=O)NC1CCCC1CCl. The average Bonchev–Trinajstić information content (AvgIpc) is 2.63. The maximum Gasteiger partial charge on any atom is 0.223 e. The monoisotopic (exact) mass is 231 g/mol. The lowest BCUT2D eigenvalue weighted by molar-refractivity contribution is -0.126. The first-order chi connectivity index (χ1) is 7.06. The Morgan fingerprint density at radius 1 is 1.40 bits per heavy atom. The molecule has 1 fully saturated rings. The molecule has 1 saturated carbocycles. The number of alkyl halides is 1. The van der Waals surface area contributed by atoms with E-state index in [1.54, 1.807) is 0 Å². The maximum absolute atomic E-state index is 11.8. The third-order valence-electron chi connectivity index (χ3n) is 3.60. The highest BCUT2D eigenvalue weighted by molar-refractivity contribution is 6.18. The molecule has 1 aliphatic rings. The molecule has 0 aromatic heterocycles. The van der Waals surface area contributed by atoms with Gasteiger partial charge in [0, 0.05) is 17.8 Å². The van der Waals surface area contributed by atoms with Crippen molar-refractivity contribution in [2.45, 2.75) is 46.1 Å². The van der Waals surface area contributed by atoms with Crippen LogP contribution in [0.25, 0.3) is 0 Å². The molecule has 0 aromatic carbocycles. The molecular formula is C12H22ClNO. The van der Waals surface area contributed by atoms with E-state index in [1.807, 2.05) is 6.92 Å². The van der Waals surface area contributed by atoms with Gasteiger partial charge in [-0.05, 0) is 24.7 Å². The molecule has 0 spiro atoms. The fourth-order valence-corrected chi connectivity index (χ4v) is 2.40. The lowest BCUT2D eigenvalue weighted by Gasteiger charge is -2.22. The smallest absolute Gasteiger partial charge is 0.223 e. The summed E-state index contributed by atoms with van der Waals surface area (Å²) >= 11 is 5.88. The summed E-state index contributed by atoms with van der Waals surface area (Å²) < 4.78 is 0. The van der Waals surface area contributed by atoms with Gasteiger partial charge in [0.25, 0.3) is 0 Å². The maximum atomic E-state index is 11.8. The van der Waals surface area contributed by atoms with Crippen LogP contribution in [0.3, 0.4) is 0 Å². The molecule has 1 aliphatic carbocycles. The molecule has 2 nitrogen and oxygen atoms in total. The summed E-state index contributed by atoms with van der Waals surface area (Å²) in [5, 5.41) is 3.14. The summed E-state index contributed by atoms with van der Waals surface area (Å²) in [4.78, 5) is 11.8. The van der Waals surface area contributed by atoms with Gasteiger partial charge in [0.2, 0.25) is 5.91 Å². The Hall–Kier alpha value is -0.240. The second-order valence-electron chi connectivity index (χ2n) is 4.99. The molecule has 1 rings (SSSR count). The van der Waals surface area contributed by atoms with E-state index < -0.39 is 0 Å². The van der Waals surface area contributed by atoms with Crippen molar-refractivity contribution in [3.8, 4) is 0 Å². The quantitative estimate of drug-likeness (QED) is 0.741. The topological polar surface area (TPSA) is 29.1 Å². The van der Waals surface area contributed by atoms with Gasteiger partial charge in [-0.3, -0.25) is 4.79 Å². The highest BCUT2D eigenvalue weighted by Gasteiger charge is 2.29. The van der Waals surface area contributed by atoms with Crippen LogP contribution in [-0.4, -0.2) is 17.8 Å². The number of halogens is 1. The first-order valence-corrected chi connectivity index (χ1v) is 6.46. The zero-order valence-electron chi connectivity index (χ0n) is 9.92. The summed E-state index contributed by atoms with van der Waals surface area (Å²) in [5.74, 6) is 1.84. The number of carbonyl (C=O) groups excluding carboxylic acids is 1. The molecule has 1 N–H and O–H groups in total. The summed E-state index contributed by atoms with van der Waals surface area (Å²) in [5.41, 5.74) is 0. The van der Waals surface area contributed by atoms with Crippen molar-refractivity contribution in [1.82, 2.24) is 5.32 Å². The Labute approximate surface area is 97.8 Å². The molecule has 3 atom stereocenters. The Morgan fingerprint density at radius 3 is 2.60 bits per heavy atom. The first-order valence-electron chi connectivity index (χ1n) is 5.92. The molecule has 3 unspecified atom stereocenters. The normalized spacial score (nSPS) is 28.1. The Balaban J connectivity index is 2.43. The van der Waals surface area contributed by atoms with Crippen LogP contribution in [0.5, 0.6) is 0 Å². The minimum absolute atomic E-state index is 0.0987.